The Balaban J connectivity index is 1.48. The van der Waals surface area contributed by atoms with Crippen LogP contribution in [0.15, 0.2) is 6.33 Å². The van der Waals surface area contributed by atoms with E-state index < -0.39 is 5.60 Å². The summed E-state index contributed by atoms with van der Waals surface area (Å²) in [6.07, 6.45) is 4.68. The van der Waals surface area contributed by atoms with Crippen LogP contribution in [-0.2, 0) is 11.2 Å². The van der Waals surface area contributed by atoms with Crippen molar-refractivity contribution < 1.29 is 9.53 Å². The summed E-state index contributed by atoms with van der Waals surface area (Å²) in [4.78, 5) is 18.0. The van der Waals surface area contributed by atoms with Gasteiger partial charge in [-0.25, -0.2) is 14.5 Å². The van der Waals surface area contributed by atoms with Crippen LogP contribution in [0.25, 0.3) is 0 Å². The molecule has 1 aromatic rings. The van der Waals surface area contributed by atoms with Crippen LogP contribution >= 0.6 is 0 Å². The SMILES string of the molecule is CCc1ncn(C2CC3(C2)CN(C(=O)OC(C)(C)C)C3)n1. The largest absolute Gasteiger partial charge is 0.444 e. The molecule has 2 aliphatic rings. The minimum absolute atomic E-state index is 0.189. The van der Waals surface area contributed by atoms with Crippen LogP contribution in [-0.4, -0.2) is 44.4 Å². The third-order valence-corrected chi connectivity index (χ3v) is 4.29. The van der Waals surface area contributed by atoms with Crippen molar-refractivity contribution in [3.63, 3.8) is 0 Å². The molecular formula is C15H24N4O2. The Hall–Kier alpha value is -1.59. The van der Waals surface area contributed by atoms with E-state index >= 15 is 0 Å². The lowest BCUT2D eigenvalue weighted by Crippen LogP contribution is -2.64. The Labute approximate surface area is 125 Å². The first-order chi connectivity index (χ1) is 9.80. The standard InChI is InChI=1S/C15H24N4O2/c1-5-12-16-10-19(17-12)11-6-15(7-11)8-18(9-15)13(20)21-14(2,3)4/h10-11H,5-9H2,1-4H3. The second kappa shape index (κ2) is 4.71. The Morgan fingerprint density at radius 1 is 1.43 bits per heavy atom. The van der Waals surface area contributed by atoms with E-state index in [2.05, 4.69) is 17.0 Å². The predicted molar refractivity (Wildman–Crippen MR) is 77.9 cm³/mol. The molecule has 0 unspecified atom stereocenters. The first kappa shape index (κ1) is 14.4. The first-order valence-corrected chi connectivity index (χ1v) is 7.68. The third kappa shape index (κ3) is 2.76. The monoisotopic (exact) mass is 292 g/mol. The van der Waals surface area contributed by atoms with E-state index in [1.54, 1.807) is 4.90 Å². The van der Waals surface area contributed by atoms with Crippen molar-refractivity contribution >= 4 is 6.09 Å². The molecule has 2 heterocycles. The smallest absolute Gasteiger partial charge is 0.410 e. The molecule has 1 saturated heterocycles. The number of hydrogen-bond acceptors (Lipinski definition) is 4. The molecule has 1 amide bonds. The van der Waals surface area contributed by atoms with Gasteiger partial charge >= 0.3 is 6.09 Å². The highest BCUT2D eigenvalue weighted by Crippen LogP contribution is 2.53. The number of rotatable bonds is 2. The van der Waals surface area contributed by atoms with Crippen LogP contribution < -0.4 is 0 Å². The van der Waals surface area contributed by atoms with Gasteiger partial charge in [-0.3, -0.25) is 0 Å². The summed E-state index contributed by atoms with van der Waals surface area (Å²) in [5.74, 6) is 0.903. The lowest BCUT2D eigenvalue weighted by molar-refractivity contribution is -0.0928. The van der Waals surface area contributed by atoms with Crippen LogP contribution in [0.1, 0.15) is 52.4 Å². The van der Waals surface area contributed by atoms with Gasteiger partial charge in [-0.15, -0.1) is 0 Å². The fourth-order valence-corrected chi connectivity index (χ4v) is 3.25. The van der Waals surface area contributed by atoms with Crippen molar-refractivity contribution in [1.82, 2.24) is 19.7 Å². The number of amides is 1. The lowest BCUT2D eigenvalue weighted by Gasteiger charge is -2.58. The number of nitrogens with zero attached hydrogens (tertiary/aromatic N) is 4. The fourth-order valence-electron chi connectivity index (χ4n) is 3.25. The molecule has 1 saturated carbocycles. The zero-order valence-corrected chi connectivity index (χ0v) is 13.3. The van der Waals surface area contributed by atoms with Gasteiger partial charge in [0.15, 0.2) is 0 Å². The molecule has 21 heavy (non-hydrogen) atoms. The number of aromatic nitrogens is 3. The van der Waals surface area contributed by atoms with Crippen LogP contribution in [0.4, 0.5) is 4.79 Å². The summed E-state index contributed by atoms with van der Waals surface area (Å²) in [7, 11) is 0. The van der Waals surface area contributed by atoms with Crippen LogP contribution in [0, 0.1) is 5.41 Å². The average molecular weight is 292 g/mol. The molecule has 1 aliphatic carbocycles. The third-order valence-electron chi connectivity index (χ3n) is 4.29. The van der Waals surface area contributed by atoms with Gasteiger partial charge in [0, 0.05) is 24.9 Å². The van der Waals surface area contributed by atoms with Crippen molar-refractivity contribution in [2.24, 2.45) is 5.41 Å². The quantitative estimate of drug-likeness (QED) is 0.840. The predicted octanol–water partition coefficient (Wildman–Crippen LogP) is 2.41. The molecule has 2 fully saturated rings. The molecule has 0 N–H and O–H groups in total. The van der Waals surface area contributed by atoms with Gasteiger partial charge < -0.3 is 9.64 Å². The zero-order valence-electron chi connectivity index (χ0n) is 13.3. The van der Waals surface area contributed by atoms with Gasteiger partial charge in [-0.1, -0.05) is 6.92 Å². The maximum Gasteiger partial charge on any atom is 0.410 e. The van der Waals surface area contributed by atoms with E-state index in [-0.39, 0.29) is 6.09 Å². The Kier molecular flexibility index (Phi) is 3.22. The summed E-state index contributed by atoms with van der Waals surface area (Å²) in [5.41, 5.74) is -0.126. The fraction of sp³-hybridized carbons (Fsp3) is 0.800. The Morgan fingerprint density at radius 2 is 2.10 bits per heavy atom. The van der Waals surface area contributed by atoms with Gasteiger partial charge in [-0.2, -0.15) is 5.10 Å². The average Bonchev–Trinajstić information content (AvgIpc) is 2.71. The molecule has 6 nitrogen and oxygen atoms in total. The van der Waals surface area contributed by atoms with Gasteiger partial charge in [0.1, 0.15) is 17.8 Å². The molecule has 116 valence electrons. The molecule has 3 rings (SSSR count). The number of carbonyl (C=O) groups is 1. The summed E-state index contributed by atoms with van der Waals surface area (Å²) < 4.78 is 7.38. The minimum Gasteiger partial charge on any atom is -0.444 e. The molecule has 0 aromatic carbocycles. The second-order valence-corrected chi connectivity index (χ2v) is 7.39. The Bertz CT molecular complexity index is 532. The normalized spacial score (nSPS) is 21.0. The maximum absolute atomic E-state index is 11.9. The first-order valence-electron chi connectivity index (χ1n) is 7.68. The van der Waals surface area contributed by atoms with Crippen molar-refractivity contribution in [3.8, 4) is 0 Å². The van der Waals surface area contributed by atoms with Gasteiger partial charge in [0.25, 0.3) is 0 Å². The van der Waals surface area contributed by atoms with E-state index in [4.69, 9.17) is 4.74 Å². The molecule has 1 spiro atoms. The van der Waals surface area contributed by atoms with Gasteiger partial charge in [0.2, 0.25) is 0 Å². The molecule has 0 atom stereocenters. The zero-order chi connectivity index (χ0) is 15.3. The second-order valence-electron chi connectivity index (χ2n) is 7.39. The summed E-state index contributed by atoms with van der Waals surface area (Å²) in [6, 6.07) is 0.443. The van der Waals surface area contributed by atoms with E-state index in [1.165, 1.54) is 0 Å². The number of carbonyl (C=O) groups excluding carboxylic acids is 1. The van der Waals surface area contributed by atoms with Crippen molar-refractivity contribution in [2.45, 2.75) is 58.6 Å². The topological polar surface area (TPSA) is 60.2 Å². The Morgan fingerprint density at radius 3 is 2.62 bits per heavy atom. The molecular weight excluding hydrogens is 268 g/mol. The minimum atomic E-state index is -0.417. The molecule has 6 heteroatoms. The van der Waals surface area contributed by atoms with Crippen molar-refractivity contribution in [3.05, 3.63) is 12.2 Å². The number of hydrogen-bond donors (Lipinski definition) is 0. The maximum atomic E-state index is 11.9. The van der Waals surface area contributed by atoms with E-state index in [0.29, 0.717) is 11.5 Å². The molecule has 0 radical (unpaired) electrons. The highest BCUT2D eigenvalue weighted by molar-refractivity contribution is 5.69. The summed E-state index contributed by atoms with van der Waals surface area (Å²) >= 11 is 0. The highest BCUT2D eigenvalue weighted by Gasteiger charge is 2.55. The molecule has 1 aliphatic heterocycles. The van der Waals surface area contributed by atoms with Crippen molar-refractivity contribution in [2.75, 3.05) is 13.1 Å². The highest BCUT2D eigenvalue weighted by atomic mass is 16.6. The van der Waals surface area contributed by atoms with Crippen LogP contribution in [0.5, 0.6) is 0 Å². The lowest BCUT2D eigenvalue weighted by atomic mass is 9.61. The molecule has 1 aromatic heterocycles. The van der Waals surface area contributed by atoms with Gasteiger partial charge in [0.05, 0.1) is 6.04 Å². The van der Waals surface area contributed by atoms with Crippen LogP contribution in [0.3, 0.4) is 0 Å². The van der Waals surface area contributed by atoms with E-state index in [0.717, 1.165) is 38.2 Å². The molecule has 0 bridgehead atoms. The van der Waals surface area contributed by atoms with Crippen molar-refractivity contribution in [1.29, 1.82) is 0 Å². The summed E-state index contributed by atoms with van der Waals surface area (Å²) in [6.45, 7) is 9.38. The van der Waals surface area contributed by atoms with Gasteiger partial charge in [-0.05, 0) is 33.6 Å². The number of likely N-dealkylation sites (tertiary alicyclic amines) is 1. The van der Waals surface area contributed by atoms with E-state index in [9.17, 15) is 4.79 Å². The number of ether oxygens (including phenoxy) is 1. The number of aryl methyl sites for hydroxylation is 1. The summed E-state index contributed by atoms with van der Waals surface area (Å²) in [5, 5.41) is 4.48. The van der Waals surface area contributed by atoms with Crippen LogP contribution in [0.2, 0.25) is 0 Å². The van der Waals surface area contributed by atoms with E-state index in [1.807, 2.05) is 31.8 Å².